The fraction of sp³-hybridized carbons (Fsp3) is 0.929. The van der Waals surface area contributed by atoms with Crippen LogP contribution in [0.5, 0.6) is 0 Å². The lowest BCUT2D eigenvalue weighted by molar-refractivity contribution is -0.205. The van der Waals surface area contributed by atoms with Gasteiger partial charge in [0.15, 0.2) is 0 Å². The van der Waals surface area contributed by atoms with Crippen molar-refractivity contribution in [3.05, 3.63) is 0 Å². The van der Waals surface area contributed by atoms with Crippen LogP contribution in [0, 0.1) is 17.8 Å². The van der Waals surface area contributed by atoms with Crippen molar-refractivity contribution in [3.8, 4) is 0 Å². The van der Waals surface area contributed by atoms with Crippen LogP contribution < -0.4 is 0 Å². The first-order valence-electron chi connectivity index (χ1n) is 7.68. The highest BCUT2D eigenvalue weighted by Crippen LogP contribution is 2.58. The molecule has 0 aromatic rings. The van der Waals surface area contributed by atoms with Crippen LogP contribution >= 0.6 is 0 Å². The average Bonchev–Trinajstić information content (AvgIpc) is 2.94. The molecule has 0 aliphatic heterocycles. The van der Waals surface area contributed by atoms with Gasteiger partial charge in [-0.3, -0.25) is 4.55 Å². The van der Waals surface area contributed by atoms with Crippen LogP contribution in [0.3, 0.4) is 0 Å². The molecule has 1 N–H and O–H groups in total. The third-order valence-electron chi connectivity index (χ3n) is 4.61. The highest BCUT2D eigenvalue weighted by molar-refractivity contribution is 7.87. The first-order chi connectivity index (χ1) is 11.1. The molecule has 25 heavy (non-hydrogen) atoms. The number of hydrogen-bond acceptors (Lipinski definition) is 5. The topological polar surface area (TPSA) is 89.9 Å². The smallest absolute Gasteiger partial charge is 0.431 e. The van der Waals surface area contributed by atoms with E-state index in [4.69, 9.17) is 14.0 Å². The average molecular weight is 392 g/mol. The van der Waals surface area contributed by atoms with Crippen molar-refractivity contribution in [3.63, 3.8) is 0 Å². The van der Waals surface area contributed by atoms with Gasteiger partial charge in [0.2, 0.25) is 0 Å². The van der Waals surface area contributed by atoms with E-state index in [1.54, 1.807) is 20.8 Å². The summed E-state index contributed by atoms with van der Waals surface area (Å²) in [6.07, 6.45) is -2.14. The van der Waals surface area contributed by atoms with Gasteiger partial charge in [0.05, 0.1) is 0 Å². The third kappa shape index (κ3) is 3.71. The van der Waals surface area contributed by atoms with Gasteiger partial charge in [-0.1, -0.05) is 0 Å². The lowest BCUT2D eigenvalue weighted by Crippen LogP contribution is -2.53. The molecule has 4 atom stereocenters. The van der Waals surface area contributed by atoms with Gasteiger partial charge >= 0.3 is 27.5 Å². The zero-order chi connectivity index (χ0) is 19.4. The van der Waals surface area contributed by atoms with E-state index in [2.05, 4.69) is 0 Å². The molecule has 4 unspecified atom stereocenters. The minimum Gasteiger partial charge on any atom is -0.431 e. The molecule has 2 saturated carbocycles. The van der Waals surface area contributed by atoms with E-state index in [-0.39, 0.29) is 12.8 Å². The maximum absolute atomic E-state index is 14.1. The van der Waals surface area contributed by atoms with Crippen LogP contribution in [0.2, 0.25) is 0 Å². The van der Waals surface area contributed by atoms with Crippen LogP contribution in [0.4, 0.5) is 22.4 Å². The standard InChI is InChI=1S/C14H20F4O6S/c1-12(2,3)24-11(19)23-10-6-7-4-8(10)5-9(7)13(15,16)14(17,18)25(20,21)22/h7-10H,4-6H2,1-3H3,(H,20,21,22). The summed E-state index contributed by atoms with van der Waals surface area (Å²) in [5, 5.41) is -5.57. The van der Waals surface area contributed by atoms with E-state index in [1.807, 2.05) is 0 Å². The molecule has 146 valence electrons. The summed E-state index contributed by atoms with van der Waals surface area (Å²) in [5.41, 5.74) is -0.804. The second-order valence-corrected chi connectivity index (χ2v) is 9.03. The highest BCUT2D eigenvalue weighted by atomic mass is 32.2. The van der Waals surface area contributed by atoms with Gasteiger partial charge in [-0.05, 0) is 51.9 Å². The molecule has 0 amide bonds. The lowest BCUT2D eigenvalue weighted by Gasteiger charge is -2.35. The Bertz CT molecular complexity index is 642. The maximum atomic E-state index is 14.1. The fourth-order valence-electron chi connectivity index (χ4n) is 3.60. The summed E-state index contributed by atoms with van der Waals surface area (Å²) >= 11 is 0. The molecule has 2 fully saturated rings. The zero-order valence-electron chi connectivity index (χ0n) is 13.8. The monoisotopic (exact) mass is 392 g/mol. The molecule has 0 radical (unpaired) electrons. The molecule has 0 spiro atoms. The third-order valence-corrected chi connectivity index (χ3v) is 5.53. The number of ether oxygens (including phenoxy) is 2. The maximum Gasteiger partial charge on any atom is 0.509 e. The number of rotatable bonds is 4. The normalized spacial score (nSPS) is 30.4. The van der Waals surface area contributed by atoms with Crippen molar-refractivity contribution >= 4 is 16.3 Å². The Morgan fingerprint density at radius 3 is 2.00 bits per heavy atom. The SMILES string of the molecule is CC(C)(C)OC(=O)OC1CC2CC1CC2C(F)(F)C(F)(F)S(=O)(=O)O. The molecule has 0 saturated heterocycles. The van der Waals surface area contributed by atoms with Gasteiger partial charge in [-0.15, -0.1) is 0 Å². The molecule has 2 aliphatic rings. The van der Waals surface area contributed by atoms with Crippen LogP contribution in [-0.4, -0.2) is 42.0 Å². The molecular formula is C14H20F4O6S. The van der Waals surface area contributed by atoms with Crippen molar-refractivity contribution < 1.29 is 44.8 Å². The zero-order valence-corrected chi connectivity index (χ0v) is 14.7. The van der Waals surface area contributed by atoms with Gasteiger partial charge in [-0.25, -0.2) is 4.79 Å². The Labute approximate surface area is 142 Å². The summed E-state index contributed by atoms with van der Waals surface area (Å²) in [5.74, 6) is -8.38. The predicted octanol–water partition coefficient (Wildman–Crippen LogP) is 3.47. The summed E-state index contributed by atoms with van der Waals surface area (Å²) in [7, 11) is -6.26. The van der Waals surface area contributed by atoms with Crippen LogP contribution in [-0.2, 0) is 19.6 Å². The van der Waals surface area contributed by atoms with E-state index >= 15 is 0 Å². The Balaban J connectivity index is 2.05. The van der Waals surface area contributed by atoms with Crippen molar-refractivity contribution in [1.82, 2.24) is 0 Å². The number of halogens is 4. The van der Waals surface area contributed by atoms with Crippen molar-refractivity contribution in [2.75, 3.05) is 0 Å². The largest absolute Gasteiger partial charge is 0.509 e. The molecule has 2 aliphatic carbocycles. The summed E-state index contributed by atoms with van der Waals surface area (Å²) in [6.45, 7) is 4.84. The first-order valence-corrected chi connectivity index (χ1v) is 9.12. The van der Waals surface area contributed by atoms with Crippen LogP contribution in [0.25, 0.3) is 0 Å². The number of carbonyl (C=O) groups is 1. The van der Waals surface area contributed by atoms with E-state index < -0.39 is 63.3 Å². The molecule has 6 nitrogen and oxygen atoms in total. The second kappa shape index (κ2) is 5.97. The second-order valence-electron chi connectivity index (χ2n) is 7.57. The molecular weight excluding hydrogens is 372 g/mol. The highest BCUT2D eigenvalue weighted by Gasteiger charge is 2.72. The minimum atomic E-state index is -6.26. The van der Waals surface area contributed by atoms with Gasteiger partial charge in [0.1, 0.15) is 11.7 Å². The Morgan fingerprint density at radius 1 is 1.04 bits per heavy atom. The quantitative estimate of drug-likeness (QED) is 0.448. The van der Waals surface area contributed by atoms with Crippen LogP contribution in [0.15, 0.2) is 0 Å². The Morgan fingerprint density at radius 2 is 1.60 bits per heavy atom. The molecule has 0 heterocycles. The summed E-state index contributed by atoms with van der Waals surface area (Å²) in [4.78, 5) is 11.6. The first kappa shape index (κ1) is 20.2. The fourth-order valence-corrected chi connectivity index (χ4v) is 4.09. The lowest BCUT2D eigenvalue weighted by atomic mass is 9.82. The molecule has 11 heteroatoms. The van der Waals surface area contributed by atoms with E-state index in [0.717, 1.165) is 0 Å². The van der Waals surface area contributed by atoms with Crippen LogP contribution in [0.1, 0.15) is 40.0 Å². The molecule has 0 aromatic carbocycles. The molecule has 2 bridgehead atoms. The van der Waals surface area contributed by atoms with E-state index in [0.29, 0.717) is 0 Å². The number of fused-ring (bicyclic) bond motifs is 2. The predicted molar refractivity (Wildman–Crippen MR) is 76.9 cm³/mol. The molecule has 2 rings (SSSR count). The molecule has 0 aromatic heterocycles. The minimum absolute atomic E-state index is 0.0915. The van der Waals surface area contributed by atoms with E-state index in [1.165, 1.54) is 0 Å². The number of hydrogen-bond donors (Lipinski definition) is 1. The summed E-state index contributed by atoms with van der Waals surface area (Å²) < 4.78 is 94.8. The van der Waals surface area contributed by atoms with Gasteiger partial charge in [0, 0.05) is 5.92 Å². The van der Waals surface area contributed by atoms with Crippen molar-refractivity contribution in [1.29, 1.82) is 0 Å². The van der Waals surface area contributed by atoms with E-state index in [9.17, 15) is 30.8 Å². The van der Waals surface area contributed by atoms with Crippen molar-refractivity contribution in [2.45, 2.75) is 62.9 Å². The van der Waals surface area contributed by atoms with Crippen molar-refractivity contribution in [2.24, 2.45) is 17.8 Å². The van der Waals surface area contributed by atoms with Gasteiger partial charge < -0.3 is 9.47 Å². The Kier molecular flexibility index (Phi) is 4.83. The van der Waals surface area contributed by atoms with Gasteiger partial charge in [0.25, 0.3) is 0 Å². The van der Waals surface area contributed by atoms with Gasteiger partial charge in [-0.2, -0.15) is 26.0 Å². The number of carbonyl (C=O) groups excluding carboxylic acids is 1. The summed E-state index contributed by atoms with van der Waals surface area (Å²) in [6, 6.07) is 0. The Hall–Kier alpha value is -1.10. The number of alkyl halides is 4.